The molecule has 162 valence electrons. The number of nitrogens with zero attached hydrogens (tertiary/aromatic N) is 1. The fourth-order valence-corrected chi connectivity index (χ4v) is 3.77. The minimum absolute atomic E-state index is 0.0138. The monoisotopic (exact) mass is 430 g/mol. The molecule has 7 heteroatoms. The van der Waals surface area contributed by atoms with Gasteiger partial charge in [-0.1, -0.05) is 48.5 Å². The van der Waals surface area contributed by atoms with Gasteiger partial charge in [-0.25, -0.2) is 4.79 Å². The Kier molecular flexibility index (Phi) is 6.17. The van der Waals surface area contributed by atoms with Crippen molar-refractivity contribution in [2.24, 2.45) is 5.92 Å². The molecule has 0 saturated heterocycles. The molecule has 1 amide bonds. The number of carboxylic acid groups (broad SMARTS) is 1. The molecule has 0 aromatic heterocycles. The van der Waals surface area contributed by atoms with Crippen molar-refractivity contribution in [2.75, 3.05) is 11.6 Å². The Balaban J connectivity index is 1.56. The van der Waals surface area contributed by atoms with E-state index < -0.39 is 24.4 Å². The lowest BCUT2D eigenvalue weighted by atomic mass is 9.82. The number of carboxylic acids is 1. The second kappa shape index (κ2) is 9.34. The molecular weight excluding hydrogens is 408 g/mol. The van der Waals surface area contributed by atoms with Gasteiger partial charge in [-0.3, -0.25) is 20.0 Å². The van der Waals surface area contributed by atoms with Gasteiger partial charge in [0.1, 0.15) is 17.5 Å². The van der Waals surface area contributed by atoms with Gasteiger partial charge in [-0.15, -0.1) is 0 Å². The van der Waals surface area contributed by atoms with E-state index in [4.69, 9.17) is 9.84 Å². The number of aliphatic carboxylic acids is 1. The summed E-state index contributed by atoms with van der Waals surface area (Å²) >= 11 is 0. The lowest BCUT2D eigenvalue weighted by Gasteiger charge is -2.29. The molecule has 0 aliphatic heterocycles. The smallest absolute Gasteiger partial charge is 0.341 e. The van der Waals surface area contributed by atoms with Gasteiger partial charge in [0.15, 0.2) is 6.61 Å². The van der Waals surface area contributed by atoms with Gasteiger partial charge in [0.25, 0.3) is 0 Å². The Morgan fingerprint density at radius 2 is 1.56 bits per heavy atom. The summed E-state index contributed by atoms with van der Waals surface area (Å²) in [6, 6.07) is 24.0. The number of rotatable bonds is 7. The molecule has 0 bridgehead atoms. The maximum Gasteiger partial charge on any atom is 0.341 e. The van der Waals surface area contributed by atoms with E-state index in [0.717, 1.165) is 16.9 Å². The summed E-state index contributed by atoms with van der Waals surface area (Å²) < 4.78 is 5.33. The Morgan fingerprint density at radius 1 is 0.938 bits per heavy atom. The number of hydrogen-bond acceptors (Lipinski definition) is 5. The molecule has 0 spiro atoms. The van der Waals surface area contributed by atoms with Gasteiger partial charge in [-0.2, -0.15) is 0 Å². The summed E-state index contributed by atoms with van der Waals surface area (Å²) in [7, 11) is 0. The Morgan fingerprint density at radius 3 is 2.16 bits per heavy atom. The van der Waals surface area contributed by atoms with Crippen LogP contribution in [0.15, 0.2) is 78.9 Å². The van der Waals surface area contributed by atoms with Crippen molar-refractivity contribution in [2.45, 2.75) is 12.8 Å². The lowest BCUT2D eigenvalue weighted by Crippen LogP contribution is -2.46. The van der Waals surface area contributed by atoms with E-state index in [0.29, 0.717) is 11.3 Å². The first-order valence-corrected chi connectivity index (χ1v) is 10.2. The molecule has 7 nitrogen and oxygen atoms in total. The van der Waals surface area contributed by atoms with Crippen LogP contribution in [0.1, 0.15) is 11.1 Å². The number of amides is 1. The summed E-state index contributed by atoms with van der Waals surface area (Å²) in [5.41, 5.74) is 5.88. The largest absolute Gasteiger partial charge is 0.482 e. The highest BCUT2D eigenvalue weighted by Gasteiger charge is 2.34. The number of para-hydroxylation sites is 2. The summed E-state index contributed by atoms with van der Waals surface area (Å²) in [6.45, 7) is -0.488. The number of benzene rings is 3. The van der Waals surface area contributed by atoms with Gasteiger partial charge < -0.3 is 9.84 Å². The molecule has 4 rings (SSSR count). The Labute approximate surface area is 185 Å². The van der Waals surface area contributed by atoms with Crippen molar-refractivity contribution in [1.82, 2.24) is 5.43 Å². The van der Waals surface area contributed by atoms with Crippen molar-refractivity contribution >= 4 is 29.0 Å². The maximum absolute atomic E-state index is 13.2. The van der Waals surface area contributed by atoms with E-state index in [2.05, 4.69) is 5.43 Å². The fourth-order valence-electron chi connectivity index (χ4n) is 3.77. The number of ether oxygens (including phenoxy) is 1. The number of hydrazine groups is 1. The van der Waals surface area contributed by atoms with Crippen molar-refractivity contribution in [3.05, 3.63) is 90.0 Å². The number of carbonyl (C=O) groups is 3. The van der Waals surface area contributed by atoms with Crippen molar-refractivity contribution < 1.29 is 24.2 Å². The van der Waals surface area contributed by atoms with E-state index in [1.807, 2.05) is 66.7 Å². The SMILES string of the molecule is O=C(O)COc1cccc2c1CC(=O)C(C(=O)NN(c1ccccc1)c1ccccc1)C2. The quantitative estimate of drug-likeness (QED) is 0.441. The van der Waals surface area contributed by atoms with E-state index in [1.54, 1.807) is 17.1 Å². The highest BCUT2D eigenvalue weighted by Crippen LogP contribution is 2.31. The number of nitrogens with one attached hydrogen (secondary N) is 1. The minimum Gasteiger partial charge on any atom is -0.482 e. The van der Waals surface area contributed by atoms with Gasteiger partial charge >= 0.3 is 5.97 Å². The molecule has 3 aromatic carbocycles. The zero-order valence-corrected chi connectivity index (χ0v) is 17.2. The maximum atomic E-state index is 13.2. The summed E-state index contributed by atoms with van der Waals surface area (Å²) in [5.74, 6) is -2.21. The zero-order chi connectivity index (χ0) is 22.5. The normalized spacial score (nSPS) is 14.9. The fraction of sp³-hybridized carbons (Fsp3) is 0.160. The van der Waals surface area contributed by atoms with E-state index in [9.17, 15) is 14.4 Å². The van der Waals surface area contributed by atoms with Crippen molar-refractivity contribution in [3.8, 4) is 5.75 Å². The number of ketones is 1. The molecule has 2 N–H and O–H groups in total. The molecule has 1 aliphatic carbocycles. The van der Waals surface area contributed by atoms with Gasteiger partial charge in [0.2, 0.25) is 5.91 Å². The first-order valence-electron chi connectivity index (χ1n) is 10.2. The van der Waals surface area contributed by atoms with Crippen LogP contribution >= 0.6 is 0 Å². The predicted octanol–water partition coefficient (Wildman–Crippen LogP) is 3.30. The summed E-state index contributed by atoms with van der Waals surface area (Å²) in [5, 5.41) is 10.5. The van der Waals surface area contributed by atoms with Crippen molar-refractivity contribution in [1.29, 1.82) is 0 Å². The number of hydrogen-bond donors (Lipinski definition) is 2. The molecule has 1 aliphatic rings. The van der Waals surface area contributed by atoms with Crippen LogP contribution in [0.2, 0.25) is 0 Å². The van der Waals surface area contributed by atoms with E-state index in [1.165, 1.54) is 0 Å². The summed E-state index contributed by atoms with van der Waals surface area (Å²) in [6.07, 6.45) is 0.238. The number of carbonyl (C=O) groups excluding carboxylic acids is 2. The predicted molar refractivity (Wildman–Crippen MR) is 119 cm³/mol. The van der Waals surface area contributed by atoms with Crippen LogP contribution in [0.5, 0.6) is 5.75 Å². The molecule has 0 saturated carbocycles. The molecule has 32 heavy (non-hydrogen) atoms. The standard InChI is InChI=1S/C25H22N2O5/c28-22-15-20-17(8-7-13-23(20)32-16-24(29)30)14-21(22)25(31)26-27(18-9-3-1-4-10-18)19-11-5-2-6-12-19/h1-13,21H,14-16H2,(H,26,31)(H,29,30). The molecule has 1 atom stereocenters. The highest BCUT2D eigenvalue weighted by molar-refractivity contribution is 6.04. The third-order valence-corrected chi connectivity index (χ3v) is 5.31. The first kappa shape index (κ1) is 21.1. The van der Waals surface area contributed by atoms with Gasteiger partial charge in [-0.05, 0) is 42.3 Å². The van der Waals surface area contributed by atoms with Crippen molar-refractivity contribution in [3.63, 3.8) is 0 Å². The third kappa shape index (κ3) is 4.62. The van der Waals surface area contributed by atoms with Crippen LogP contribution in [0, 0.1) is 5.92 Å². The summed E-state index contributed by atoms with van der Waals surface area (Å²) in [4.78, 5) is 36.9. The lowest BCUT2D eigenvalue weighted by molar-refractivity contribution is -0.139. The zero-order valence-electron chi connectivity index (χ0n) is 17.2. The Hall–Kier alpha value is -4.13. The van der Waals surface area contributed by atoms with Crippen LogP contribution < -0.4 is 15.2 Å². The average molecular weight is 430 g/mol. The molecule has 3 aromatic rings. The second-order valence-corrected chi connectivity index (χ2v) is 7.46. The second-order valence-electron chi connectivity index (χ2n) is 7.46. The molecule has 0 fully saturated rings. The molecule has 0 radical (unpaired) electrons. The van der Waals surface area contributed by atoms with Crippen LogP contribution in [-0.4, -0.2) is 29.4 Å². The van der Waals surface area contributed by atoms with Crippen LogP contribution in [0.25, 0.3) is 0 Å². The third-order valence-electron chi connectivity index (χ3n) is 5.31. The number of anilines is 2. The van der Waals surface area contributed by atoms with Gasteiger partial charge in [0, 0.05) is 12.0 Å². The topological polar surface area (TPSA) is 95.9 Å². The Bertz CT molecular complexity index is 1090. The average Bonchev–Trinajstić information content (AvgIpc) is 2.81. The molecule has 0 heterocycles. The minimum atomic E-state index is -1.09. The molecular formula is C25H22N2O5. The number of fused-ring (bicyclic) bond motifs is 1. The number of Topliss-reactive ketones (excluding diaryl/α,β-unsaturated/α-hetero) is 1. The highest BCUT2D eigenvalue weighted by atomic mass is 16.5. The van der Waals surface area contributed by atoms with Crippen LogP contribution in [0.3, 0.4) is 0 Å². The van der Waals surface area contributed by atoms with Crippen LogP contribution in [-0.2, 0) is 27.2 Å². The van der Waals surface area contributed by atoms with Gasteiger partial charge in [0.05, 0.1) is 11.4 Å². The first-order chi connectivity index (χ1) is 15.5. The van der Waals surface area contributed by atoms with Crippen LogP contribution in [0.4, 0.5) is 11.4 Å². The molecule has 1 unspecified atom stereocenters. The van der Waals surface area contributed by atoms with E-state index in [-0.39, 0.29) is 18.6 Å². The van der Waals surface area contributed by atoms with E-state index >= 15 is 0 Å².